The molecule has 1 heterocycles. The molecule has 16 heavy (non-hydrogen) atoms. The lowest BCUT2D eigenvalue weighted by Crippen LogP contribution is -2.44. The summed E-state index contributed by atoms with van der Waals surface area (Å²) < 4.78 is 0. The van der Waals surface area contributed by atoms with Gasteiger partial charge in [-0.05, 0) is 25.7 Å². The second-order valence-electron chi connectivity index (χ2n) is 4.60. The fourth-order valence-electron chi connectivity index (χ4n) is 2.46. The molecule has 0 bridgehead atoms. The van der Waals surface area contributed by atoms with Crippen molar-refractivity contribution < 1.29 is 14.7 Å². The highest BCUT2D eigenvalue weighted by Crippen LogP contribution is 2.24. The van der Waals surface area contributed by atoms with Gasteiger partial charge >= 0.3 is 5.97 Å². The van der Waals surface area contributed by atoms with Crippen LogP contribution in [0.4, 0.5) is 0 Å². The normalized spacial score (nSPS) is 26.0. The Morgan fingerprint density at radius 1 is 1.19 bits per heavy atom. The molecule has 1 saturated heterocycles. The van der Waals surface area contributed by atoms with Crippen LogP contribution in [0.3, 0.4) is 0 Å². The first-order valence-electron chi connectivity index (χ1n) is 5.85. The number of carboxylic acid groups (broad SMARTS) is 1. The van der Waals surface area contributed by atoms with E-state index in [4.69, 9.17) is 5.11 Å². The van der Waals surface area contributed by atoms with Crippen molar-refractivity contribution in [2.45, 2.75) is 25.7 Å². The molecule has 0 radical (unpaired) electrons. The Morgan fingerprint density at radius 3 is 2.50 bits per heavy atom. The lowest BCUT2D eigenvalue weighted by Gasteiger charge is -2.32. The Kier molecular flexibility index (Phi) is 3.27. The van der Waals surface area contributed by atoms with Gasteiger partial charge in [0.05, 0.1) is 5.92 Å². The third-order valence-corrected chi connectivity index (χ3v) is 3.44. The topological polar surface area (TPSA) is 57.6 Å². The fourth-order valence-corrected chi connectivity index (χ4v) is 2.46. The van der Waals surface area contributed by atoms with E-state index in [1.807, 2.05) is 12.2 Å². The van der Waals surface area contributed by atoms with Crippen LogP contribution < -0.4 is 0 Å². The number of carbonyl (C=O) groups excluding carboxylic acids is 1. The van der Waals surface area contributed by atoms with Crippen molar-refractivity contribution in [3.05, 3.63) is 12.2 Å². The van der Waals surface area contributed by atoms with Gasteiger partial charge in [0.15, 0.2) is 0 Å². The highest BCUT2D eigenvalue weighted by Gasteiger charge is 2.31. The van der Waals surface area contributed by atoms with Gasteiger partial charge in [-0.25, -0.2) is 0 Å². The lowest BCUT2D eigenvalue weighted by atomic mass is 9.96. The number of carboxylic acids is 1. The Bertz CT molecular complexity index is 316. The third-order valence-electron chi connectivity index (χ3n) is 3.44. The Labute approximate surface area is 94.9 Å². The maximum Gasteiger partial charge on any atom is 0.308 e. The van der Waals surface area contributed by atoms with Crippen LogP contribution in [0.1, 0.15) is 25.7 Å². The van der Waals surface area contributed by atoms with Crippen molar-refractivity contribution in [1.29, 1.82) is 0 Å². The van der Waals surface area contributed by atoms with E-state index >= 15 is 0 Å². The van der Waals surface area contributed by atoms with Crippen LogP contribution in [-0.2, 0) is 9.59 Å². The number of aliphatic carboxylic acids is 1. The van der Waals surface area contributed by atoms with Crippen molar-refractivity contribution in [2.75, 3.05) is 13.1 Å². The summed E-state index contributed by atoms with van der Waals surface area (Å²) in [6.45, 7) is 1.11. The summed E-state index contributed by atoms with van der Waals surface area (Å²) in [5, 5.41) is 8.95. The van der Waals surface area contributed by atoms with Gasteiger partial charge in [-0.15, -0.1) is 0 Å². The molecule has 1 unspecified atom stereocenters. The molecule has 1 atom stereocenters. The van der Waals surface area contributed by atoms with Gasteiger partial charge in [-0.2, -0.15) is 0 Å². The summed E-state index contributed by atoms with van der Waals surface area (Å²) in [6, 6.07) is 0. The standard InChI is InChI=1S/C12H17NO3/c14-11(9-4-1-2-5-9)13-7-3-6-10(8-13)12(15)16/h1-2,9-10H,3-8H2,(H,15,16). The van der Waals surface area contributed by atoms with E-state index in [9.17, 15) is 9.59 Å². The molecule has 1 fully saturated rings. The molecule has 0 aromatic heterocycles. The van der Waals surface area contributed by atoms with Gasteiger partial charge in [-0.1, -0.05) is 12.2 Å². The molecule has 0 spiro atoms. The van der Waals surface area contributed by atoms with Crippen molar-refractivity contribution >= 4 is 11.9 Å². The van der Waals surface area contributed by atoms with Crippen LogP contribution >= 0.6 is 0 Å². The molecule has 0 aromatic rings. The maximum atomic E-state index is 12.1. The summed E-state index contributed by atoms with van der Waals surface area (Å²) in [6.07, 6.45) is 7.19. The highest BCUT2D eigenvalue weighted by molar-refractivity contribution is 5.80. The minimum Gasteiger partial charge on any atom is -0.481 e. The van der Waals surface area contributed by atoms with E-state index in [1.165, 1.54) is 0 Å². The second kappa shape index (κ2) is 4.68. The second-order valence-corrected chi connectivity index (χ2v) is 4.60. The van der Waals surface area contributed by atoms with Crippen LogP contribution in [-0.4, -0.2) is 35.0 Å². The number of likely N-dealkylation sites (tertiary alicyclic amines) is 1. The minimum atomic E-state index is -0.776. The smallest absolute Gasteiger partial charge is 0.308 e. The molecule has 2 rings (SSSR count). The average molecular weight is 223 g/mol. The van der Waals surface area contributed by atoms with Gasteiger partial charge in [0.1, 0.15) is 0 Å². The highest BCUT2D eigenvalue weighted by atomic mass is 16.4. The number of allylic oxidation sites excluding steroid dienone is 2. The van der Waals surface area contributed by atoms with Crippen LogP contribution in [0.2, 0.25) is 0 Å². The van der Waals surface area contributed by atoms with E-state index in [-0.39, 0.29) is 17.7 Å². The van der Waals surface area contributed by atoms with Crippen molar-refractivity contribution in [3.8, 4) is 0 Å². The molecule has 0 saturated carbocycles. The molecule has 1 aliphatic carbocycles. The fraction of sp³-hybridized carbons (Fsp3) is 0.667. The molecule has 1 N–H and O–H groups in total. The summed E-state index contributed by atoms with van der Waals surface area (Å²) in [4.78, 5) is 24.7. The zero-order valence-corrected chi connectivity index (χ0v) is 9.26. The van der Waals surface area contributed by atoms with E-state index in [2.05, 4.69) is 0 Å². The number of rotatable bonds is 2. The molecule has 1 amide bonds. The predicted molar refractivity (Wildman–Crippen MR) is 58.8 cm³/mol. The van der Waals surface area contributed by atoms with Gasteiger partial charge in [0.25, 0.3) is 0 Å². The molecule has 2 aliphatic rings. The first-order valence-corrected chi connectivity index (χ1v) is 5.85. The number of nitrogens with zero attached hydrogens (tertiary/aromatic N) is 1. The maximum absolute atomic E-state index is 12.1. The van der Waals surface area contributed by atoms with Crippen LogP contribution in [0, 0.1) is 11.8 Å². The summed E-state index contributed by atoms with van der Waals surface area (Å²) in [7, 11) is 0. The first kappa shape index (κ1) is 11.2. The lowest BCUT2D eigenvalue weighted by molar-refractivity contribution is -0.146. The van der Waals surface area contributed by atoms with Gasteiger partial charge in [0.2, 0.25) is 5.91 Å². The monoisotopic (exact) mass is 223 g/mol. The Morgan fingerprint density at radius 2 is 1.88 bits per heavy atom. The predicted octanol–water partition coefficient (Wildman–Crippen LogP) is 1.28. The van der Waals surface area contributed by atoms with E-state index in [0.29, 0.717) is 13.0 Å². The van der Waals surface area contributed by atoms with Gasteiger partial charge < -0.3 is 10.0 Å². The summed E-state index contributed by atoms with van der Waals surface area (Å²) >= 11 is 0. The van der Waals surface area contributed by atoms with Crippen LogP contribution in [0.5, 0.6) is 0 Å². The third kappa shape index (κ3) is 2.26. The van der Waals surface area contributed by atoms with Crippen molar-refractivity contribution in [1.82, 2.24) is 4.90 Å². The summed E-state index contributed by atoms with van der Waals surface area (Å²) in [5.74, 6) is -0.947. The molecule has 88 valence electrons. The quantitative estimate of drug-likeness (QED) is 0.717. The largest absolute Gasteiger partial charge is 0.481 e. The summed E-state index contributed by atoms with van der Waals surface area (Å²) in [5.41, 5.74) is 0. The van der Waals surface area contributed by atoms with E-state index in [0.717, 1.165) is 25.8 Å². The zero-order valence-electron chi connectivity index (χ0n) is 9.26. The van der Waals surface area contributed by atoms with Crippen LogP contribution in [0.25, 0.3) is 0 Å². The minimum absolute atomic E-state index is 0.0625. The van der Waals surface area contributed by atoms with Crippen molar-refractivity contribution in [3.63, 3.8) is 0 Å². The van der Waals surface area contributed by atoms with Crippen LogP contribution in [0.15, 0.2) is 12.2 Å². The first-order chi connectivity index (χ1) is 7.68. The molecule has 4 heteroatoms. The number of hydrogen-bond acceptors (Lipinski definition) is 2. The average Bonchev–Trinajstić information content (AvgIpc) is 2.81. The molecular formula is C12H17NO3. The number of amides is 1. The van der Waals surface area contributed by atoms with Crippen molar-refractivity contribution in [2.24, 2.45) is 11.8 Å². The molecule has 4 nitrogen and oxygen atoms in total. The van der Waals surface area contributed by atoms with Gasteiger partial charge in [0, 0.05) is 19.0 Å². The molecule has 0 aromatic carbocycles. The Hall–Kier alpha value is -1.32. The number of hydrogen-bond donors (Lipinski definition) is 1. The van der Waals surface area contributed by atoms with E-state index in [1.54, 1.807) is 4.90 Å². The molecular weight excluding hydrogens is 206 g/mol. The Balaban J connectivity index is 1.93. The van der Waals surface area contributed by atoms with E-state index < -0.39 is 5.97 Å². The molecule has 1 aliphatic heterocycles. The SMILES string of the molecule is O=C(O)C1CCCN(C(=O)C2CC=CC2)C1. The number of piperidine rings is 1. The van der Waals surface area contributed by atoms with Gasteiger partial charge in [-0.3, -0.25) is 9.59 Å². The number of carbonyl (C=O) groups is 2. The zero-order chi connectivity index (χ0) is 11.5.